The number of hydrogen-bond donors (Lipinski definition) is 1. The third kappa shape index (κ3) is 3.11. The fourth-order valence-corrected chi connectivity index (χ4v) is 3.74. The van der Waals surface area contributed by atoms with Crippen LogP contribution in [0.25, 0.3) is 10.1 Å². The van der Waals surface area contributed by atoms with Crippen LogP contribution in [0.15, 0.2) is 29.6 Å². The van der Waals surface area contributed by atoms with E-state index in [9.17, 15) is 0 Å². The third-order valence-corrected chi connectivity index (χ3v) is 5.02. The third-order valence-electron chi connectivity index (χ3n) is 4.01. The second-order valence-corrected chi connectivity index (χ2v) is 6.33. The first-order chi connectivity index (χ1) is 8.74. The van der Waals surface area contributed by atoms with E-state index in [1.54, 1.807) is 0 Å². The van der Waals surface area contributed by atoms with Gasteiger partial charge in [0.05, 0.1) is 0 Å². The first-order valence-electron chi connectivity index (χ1n) is 6.67. The average Bonchev–Trinajstić information content (AvgIpc) is 2.78. The summed E-state index contributed by atoms with van der Waals surface area (Å²) in [6.07, 6.45) is 1.13. The van der Waals surface area contributed by atoms with E-state index in [1.807, 2.05) is 11.3 Å². The van der Waals surface area contributed by atoms with Gasteiger partial charge in [0.25, 0.3) is 0 Å². The first-order valence-corrected chi connectivity index (χ1v) is 7.55. The van der Waals surface area contributed by atoms with Crippen molar-refractivity contribution in [3.8, 4) is 0 Å². The fourth-order valence-electron chi connectivity index (χ4n) is 2.79. The quantitative estimate of drug-likeness (QED) is 0.919. The number of piperidine rings is 1. The molecule has 2 aromatic rings. The number of hydrogen-bond acceptors (Lipinski definition) is 3. The molecule has 0 aliphatic carbocycles. The normalized spacial score (nSPS) is 24.3. The van der Waals surface area contributed by atoms with Crippen LogP contribution in [0.3, 0.4) is 0 Å². The molecule has 4 heteroatoms. The highest BCUT2D eigenvalue weighted by Crippen LogP contribution is 2.27. The Bertz CT molecular complexity index is 540. The van der Waals surface area contributed by atoms with E-state index >= 15 is 0 Å². The number of nitrogens with zero attached hydrogens (tertiary/aromatic N) is 1. The van der Waals surface area contributed by atoms with E-state index < -0.39 is 0 Å². The zero-order valence-corrected chi connectivity index (χ0v) is 12.8. The van der Waals surface area contributed by atoms with Crippen LogP contribution in [0.4, 0.5) is 0 Å². The Balaban J connectivity index is 0.00000133. The molecule has 0 bridgehead atoms. The van der Waals surface area contributed by atoms with Gasteiger partial charge in [-0.25, -0.2) is 0 Å². The lowest BCUT2D eigenvalue weighted by atomic mass is 9.94. The van der Waals surface area contributed by atoms with Gasteiger partial charge in [-0.3, -0.25) is 4.90 Å². The minimum absolute atomic E-state index is 0. The van der Waals surface area contributed by atoms with E-state index in [2.05, 4.69) is 41.5 Å². The summed E-state index contributed by atoms with van der Waals surface area (Å²) in [6.45, 7) is 5.60. The molecule has 0 spiro atoms. The molecule has 3 rings (SSSR count). The van der Waals surface area contributed by atoms with E-state index in [0.29, 0.717) is 12.0 Å². The summed E-state index contributed by atoms with van der Waals surface area (Å²) in [5.74, 6) is 0.614. The van der Waals surface area contributed by atoms with Crippen molar-refractivity contribution in [2.75, 3.05) is 13.1 Å². The number of nitrogens with two attached hydrogens (primary N) is 1. The molecule has 0 saturated carbocycles. The Hall–Kier alpha value is -0.610. The highest BCUT2D eigenvalue weighted by Gasteiger charge is 2.23. The monoisotopic (exact) mass is 296 g/mol. The van der Waals surface area contributed by atoms with Gasteiger partial charge in [0.1, 0.15) is 0 Å². The van der Waals surface area contributed by atoms with Crippen LogP contribution in [-0.4, -0.2) is 24.0 Å². The zero-order valence-electron chi connectivity index (χ0n) is 11.2. The molecule has 1 aliphatic heterocycles. The molecule has 1 saturated heterocycles. The topological polar surface area (TPSA) is 29.3 Å². The number of fused-ring (bicyclic) bond motifs is 1. The van der Waals surface area contributed by atoms with Crippen molar-refractivity contribution in [2.45, 2.75) is 25.9 Å². The molecule has 0 amide bonds. The highest BCUT2D eigenvalue weighted by molar-refractivity contribution is 7.17. The molecular weight excluding hydrogens is 276 g/mol. The summed E-state index contributed by atoms with van der Waals surface area (Å²) < 4.78 is 1.40. The molecule has 2 nitrogen and oxygen atoms in total. The first kappa shape index (κ1) is 14.8. The van der Waals surface area contributed by atoms with Gasteiger partial charge >= 0.3 is 0 Å². The van der Waals surface area contributed by atoms with Crippen molar-refractivity contribution < 1.29 is 0 Å². The second-order valence-electron chi connectivity index (χ2n) is 5.42. The van der Waals surface area contributed by atoms with Crippen molar-refractivity contribution in [1.29, 1.82) is 0 Å². The molecular formula is C15H21ClN2S. The minimum atomic E-state index is 0. The largest absolute Gasteiger partial charge is 0.327 e. The number of benzene rings is 1. The van der Waals surface area contributed by atoms with Crippen molar-refractivity contribution in [3.63, 3.8) is 0 Å². The molecule has 0 radical (unpaired) electrons. The predicted octanol–water partition coefficient (Wildman–Crippen LogP) is 3.49. The summed E-state index contributed by atoms with van der Waals surface area (Å²) in [7, 11) is 0. The van der Waals surface area contributed by atoms with Crippen LogP contribution in [0.1, 0.15) is 18.9 Å². The van der Waals surface area contributed by atoms with E-state index in [-0.39, 0.29) is 12.4 Å². The Morgan fingerprint density at radius 3 is 2.95 bits per heavy atom. The fraction of sp³-hybridized carbons (Fsp3) is 0.467. The maximum absolute atomic E-state index is 6.08. The standard InChI is InChI=1S/C15H20N2S.ClH/c1-11-8-17(7-6-14(11)16)9-12-10-18-15-5-3-2-4-13(12)15;/h2-5,10-11,14H,6-9,16H2,1H3;1H. The molecule has 2 atom stereocenters. The number of halogens is 1. The Labute approximate surface area is 125 Å². The molecule has 1 aromatic heterocycles. The molecule has 1 aromatic carbocycles. The smallest absolute Gasteiger partial charge is 0.0346 e. The Kier molecular flexibility index (Phi) is 4.85. The van der Waals surface area contributed by atoms with E-state index in [1.165, 1.54) is 15.6 Å². The molecule has 2 N–H and O–H groups in total. The van der Waals surface area contributed by atoms with Crippen LogP contribution in [-0.2, 0) is 6.54 Å². The van der Waals surface area contributed by atoms with Crippen molar-refractivity contribution in [3.05, 3.63) is 35.2 Å². The van der Waals surface area contributed by atoms with Crippen LogP contribution >= 0.6 is 23.7 Å². The van der Waals surface area contributed by atoms with Gasteiger partial charge in [0.15, 0.2) is 0 Å². The lowest BCUT2D eigenvalue weighted by molar-refractivity contribution is 0.158. The van der Waals surface area contributed by atoms with E-state index in [0.717, 1.165) is 26.1 Å². The molecule has 1 fully saturated rings. The Morgan fingerprint density at radius 1 is 1.37 bits per heavy atom. The predicted molar refractivity (Wildman–Crippen MR) is 86.1 cm³/mol. The van der Waals surface area contributed by atoms with Crippen LogP contribution < -0.4 is 5.73 Å². The summed E-state index contributed by atoms with van der Waals surface area (Å²) in [5.41, 5.74) is 7.55. The molecule has 2 heterocycles. The van der Waals surface area contributed by atoms with Crippen LogP contribution in [0.2, 0.25) is 0 Å². The molecule has 19 heavy (non-hydrogen) atoms. The zero-order chi connectivity index (χ0) is 12.5. The SMILES string of the molecule is CC1CN(Cc2csc3ccccc23)CCC1N.Cl. The van der Waals surface area contributed by atoms with Gasteiger partial charge in [-0.05, 0) is 41.3 Å². The van der Waals surface area contributed by atoms with Gasteiger partial charge in [-0.1, -0.05) is 25.1 Å². The van der Waals surface area contributed by atoms with E-state index in [4.69, 9.17) is 5.73 Å². The second kappa shape index (κ2) is 6.23. The maximum Gasteiger partial charge on any atom is 0.0346 e. The van der Waals surface area contributed by atoms with Crippen molar-refractivity contribution in [2.24, 2.45) is 11.7 Å². The highest BCUT2D eigenvalue weighted by atomic mass is 35.5. The van der Waals surface area contributed by atoms with Crippen molar-refractivity contribution >= 4 is 33.8 Å². The van der Waals surface area contributed by atoms with Gasteiger partial charge in [-0.15, -0.1) is 23.7 Å². The maximum atomic E-state index is 6.08. The van der Waals surface area contributed by atoms with Gasteiger partial charge in [0.2, 0.25) is 0 Å². The van der Waals surface area contributed by atoms with Gasteiger partial charge < -0.3 is 5.73 Å². The number of thiophene rings is 1. The molecule has 1 aliphatic rings. The molecule has 104 valence electrons. The lowest BCUT2D eigenvalue weighted by Gasteiger charge is -2.34. The van der Waals surface area contributed by atoms with Gasteiger partial charge in [-0.2, -0.15) is 0 Å². The van der Waals surface area contributed by atoms with Crippen molar-refractivity contribution in [1.82, 2.24) is 4.90 Å². The Morgan fingerprint density at radius 2 is 2.16 bits per heavy atom. The number of likely N-dealkylation sites (tertiary alicyclic amines) is 1. The number of rotatable bonds is 2. The minimum Gasteiger partial charge on any atom is -0.327 e. The van der Waals surface area contributed by atoms with Gasteiger partial charge in [0, 0.05) is 23.8 Å². The van der Waals surface area contributed by atoms with Crippen LogP contribution in [0.5, 0.6) is 0 Å². The summed E-state index contributed by atoms with van der Waals surface area (Å²) >= 11 is 1.85. The van der Waals surface area contributed by atoms with Crippen LogP contribution in [0, 0.1) is 5.92 Å². The molecule has 2 unspecified atom stereocenters. The summed E-state index contributed by atoms with van der Waals surface area (Å²) in [4.78, 5) is 2.54. The lowest BCUT2D eigenvalue weighted by Crippen LogP contribution is -2.45. The summed E-state index contributed by atoms with van der Waals surface area (Å²) in [5, 5.41) is 3.73. The summed E-state index contributed by atoms with van der Waals surface area (Å²) in [6, 6.07) is 9.08. The average molecular weight is 297 g/mol.